The number of phenolic OH excluding ortho intramolecular Hbond substituents is 1. The molecule has 0 fully saturated rings. The van der Waals surface area contributed by atoms with Gasteiger partial charge in [0.1, 0.15) is 5.75 Å². The van der Waals surface area contributed by atoms with Crippen LogP contribution in [-0.4, -0.2) is 17.4 Å². The molecule has 19 heavy (non-hydrogen) atoms. The third-order valence-corrected chi connectivity index (χ3v) is 4.56. The molecule has 0 bridgehead atoms. The maximum absolute atomic E-state index is 11.3. The van der Waals surface area contributed by atoms with Crippen molar-refractivity contribution in [3.8, 4) is 5.75 Å². The molecule has 2 aromatic rings. The molecule has 98 valence electrons. The number of rotatable bonds is 2. The molecule has 3 nitrogen and oxygen atoms in total. The molecule has 2 heterocycles. The van der Waals surface area contributed by atoms with Crippen LogP contribution in [0.4, 0.5) is 5.69 Å². The summed E-state index contributed by atoms with van der Waals surface area (Å²) in [6, 6.07) is 7.47. The first-order valence-electron chi connectivity index (χ1n) is 6.29. The minimum absolute atomic E-state index is 0.0705. The summed E-state index contributed by atoms with van der Waals surface area (Å²) in [5, 5.41) is 12.0. The molecule has 4 heteroatoms. The van der Waals surface area contributed by atoms with E-state index in [4.69, 9.17) is 0 Å². The molecule has 1 aromatic heterocycles. The van der Waals surface area contributed by atoms with Gasteiger partial charge in [-0.2, -0.15) is 0 Å². The Kier molecular flexibility index (Phi) is 3.03. The molecule has 0 aliphatic carbocycles. The quantitative estimate of drug-likeness (QED) is 0.854. The summed E-state index contributed by atoms with van der Waals surface area (Å²) >= 11 is 1.81. The predicted molar refractivity (Wildman–Crippen MR) is 77.2 cm³/mol. The van der Waals surface area contributed by atoms with Gasteiger partial charge in [-0.1, -0.05) is 0 Å². The zero-order valence-corrected chi connectivity index (χ0v) is 11.5. The average Bonchev–Trinajstić information content (AvgIpc) is 2.85. The van der Waals surface area contributed by atoms with E-state index in [-0.39, 0.29) is 11.5 Å². The van der Waals surface area contributed by atoms with Gasteiger partial charge in [0.15, 0.2) is 5.78 Å². The third kappa shape index (κ3) is 2.24. The lowest BCUT2D eigenvalue weighted by molar-refractivity contribution is 0.101. The minimum Gasteiger partial charge on any atom is -0.507 e. The second-order valence-electron chi connectivity index (χ2n) is 4.80. The SMILES string of the molecule is CC(=O)c1ccc(N2CCc3sccc3C2)cc1O. The van der Waals surface area contributed by atoms with E-state index in [0.29, 0.717) is 5.56 Å². The van der Waals surface area contributed by atoms with Crippen molar-refractivity contribution in [2.45, 2.75) is 19.9 Å². The summed E-state index contributed by atoms with van der Waals surface area (Å²) in [5.74, 6) is -0.0380. The van der Waals surface area contributed by atoms with Crippen molar-refractivity contribution in [1.29, 1.82) is 0 Å². The van der Waals surface area contributed by atoms with Crippen LogP contribution in [0.2, 0.25) is 0 Å². The maximum atomic E-state index is 11.3. The normalized spacial score (nSPS) is 14.3. The van der Waals surface area contributed by atoms with Gasteiger partial charge in [-0.05, 0) is 42.5 Å². The number of nitrogens with zero attached hydrogens (tertiary/aromatic N) is 1. The monoisotopic (exact) mass is 273 g/mol. The average molecular weight is 273 g/mol. The molecule has 0 spiro atoms. The van der Waals surface area contributed by atoms with E-state index in [1.165, 1.54) is 17.4 Å². The van der Waals surface area contributed by atoms with Gasteiger partial charge in [-0.15, -0.1) is 11.3 Å². The lowest BCUT2D eigenvalue weighted by atomic mass is 10.1. The number of anilines is 1. The maximum Gasteiger partial charge on any atom is 0.163 e. The van der Waals surface area contributed by atoms with Crippen molar-refractivity contribution in [3.63, 3.8) is 0 Å². The Morgan fingerprint density at radius 1 is 1.37 bits per heavy atom. The fourth-order valence-electron chi connectivity index (χ4n) is 2.48. The largest absolute Gasteiger partial charge is 0.507 e. The number of benzene rings is 1. The first-order valence-corrected chi connectivity index (χ1v) is 7.17. The third-order valence-electron chi connectivity index (χ3n) is 3.53. The molecule has 1 aromatic carbocycles. The van der Waals surface area contributed by atoms with Crippen LogP contribution in [0.3, 0.4) is 0 Å². The zero-order valence-electron chi connectivity index (χ0n) is 10.7. The molecule has 3 rings (SSSR count). The Morgan fingerprint density at radius 2 is 2.21 bits per heavy atom. The molecule has 0 atom stereocenters. The van der Waals surface area contributed by atoms with Crippen LogP contribution in [0.25, 0.3) is 0 Å². The Labute approximate surface area is 116 Å². The van der Waals surface area contributed by atoms with Crippen LogP contribution >= 0.6 is 11.3 Å². The van der Waals surface area contributed by atoms with Crippen molar-refractivity contribution in [2.24, 2.45) is 0 Å². The van der Waals surface area contributed by atoms with Crippen LogP contribution in [0.15, 0.2) is 29.6 Å². The highest BCUT2D eigenvalue weighted by atomic mass is 32.1. The molecule has 0 saturated heterocycles. The number of aromatic hydroxyl groups is 1. The van der Waals surface area contributed by atoms with Gasteiger partial charge < -0.3 is 10.0 Å². The van der Waals surface area contributed by atoms with E-state index in [1.54, 1.807) is 12.1 Å². The van der Waals surface area contributed by atoms with Gasteiger partial charge in [-0.25, -0.2) is 0 Å². The summed E-state index contributed by atoms with van der Waals surface area (Å²) in [7, 11) is 0. The fourth-order valence-corrected chi connectivity index (χ4v) is 3.37. The Morgan fingerprint density at radius 3 is 2.95 bits per heavy atom. The van der Waals surface area contributed by atoms with Gasteiger partial charge in [0, 0.05) is 29.7 Å². The highest BCUT2D eigenvalue weighted by molar-refractivity contribution is 7.10. The van der Waals surface area contributed by atoms with Crippen molar-refractivity contribution >= 4 is 22.8 Å². The van der Waals surface area contributed by atoms with Gasteiger partial charge in [0.2, 0.25) is 0 Å². The van der Waals surface area contributed by atoms with Crippen LogP contribution < -0.4 is 4.90 Å². The van der Waals surface area contributed by atoms with Crippen LogP contribution in [0.1, 0.15) is 27.7 Å². The van der Waals surface area contributed by atoms with Crippen molar-refractivity contribution < 1.29 is 9.90 Å². The smallest absolute Gasteiger partial charge is 0.163 e. The molecule has 1 N–H and O–H groups in total. The second kappa shape index (κ2) is 4.70. The van der Waals surface area contributed by atoms with E-state index in [0.717, 1.165) is 25.2 Å². The molecule has 0 saturated carbocycles. The zero-order chi connectivity index (χ0) is 13.4. The van der Waals surface area contributed by atoms with Gasteiger partial charge in [0.25, 0.3) is 0 Å². The van der Waals surface area contributed by atoms with E-state index in [9.17, 15) is 9.90 Å². The minimum atomic E-state index is -0.109. The number of hydrogen-bond donors (Lipinski definition) is 1. The van der Waals surface area contributed by atoms with Gasteiger partial charge in [-0.3, -0.25) is 4.79 Å². The van der Waals surface area contributed by atoms with Crippen molar-refractivity contribution in [2.75, 3.05) is 11.4 Å². The highest BCUT2D eigenvalue weighted by Gasteiger charge is 2.18. The number of hydrogen-bond acceptors (Lipinski definition) is 4. The fraction of sp³-hybridized carbons (Fsp3) is 0.267. The number of fused-ring (bicyclic) bond motifs is 1. The summed E-state index contributed by atoms with van der Waals surface area (Å²) in [4.78, 5) is 15.0. The molecule has 1 aliphatic heterocycles. The topological polar surface area (TPSA) is 40.5 Å². The van der Waals surface area contributed by atoms with E-state index >= 15 is 0 Å². The van der Waals surface area contributed by atoms with Crippen LogP contribution in [0, 0.1) is 0 Å². The summed E-state index contributed by atoms with van der Waals surface area (Å²) in [6.45, 7) is 3.29. The number of thiophene rings is 1. The summed E-state index contributed by atoms with van der Waals surface area (Å²) in [6.07, 6.45) is 1.04. The highest BCUT2D eigenvalue weighted by Crippen LogP contribution is 2.30. The lowest BCUT2D eigenvalue weighted by Gasteiger charge is -2.29. The molecule has 0 unspecified atom stereocenters. The number of carbonyl (C=O) groups is 1. The number of carbonyl (C=O) groups excluding carboxylic acids is 1. The summed E-state index contributed by atoms with van der Waals surface area (Å²) < 4.78 is 0. The Balaban J connectivity index is 1.88. The van der Waals surface area contributed by atoms with Crippen LogP contribution in [0.5, 0.6) is 5.75 Å². The summed E-state index contributed by atoms with van der Waals surface area (Å²) in [5.41, 5.74) is 2.72. The van der Waals surface area contributed by atoms with E-state index in [1.807, 2.05) is 17.4 Å². The standard InChI is InChI=1S/C15H15NO2S/c1-10(17)13-3-2-12(8-14(13)18)16-6-4-15-11(9-16)5-7-19-15/h2-3,5,7-8,18H,4,6,9H2,1H3. The Bertz CT molecular complexity index is 633. The van der Waals surface area contributed by atoms with Crippen molar-refractivity contribution in [3.05, 3.63) is 45.6 Å². The Hall–Kier alpha value is -1.81. The molecule has 1 aliphatic rings. The first kappa shape index (κ1) is 12.2. The first-order chi connectivity index (χ1) is 9.15. The lowest BCUT2D eigenvalue weighted by Crippen LogP contribution is -2.29. The second-order valence-corrected chi connectivity index (χ2v) is 5.80. The number of ketones is 1. The van der Waals surface area contributed by atoms with E-state index < -0.39 is 0 Å². The molecular weight excluding hydrogens is 258 g/mol. The van der Waals surface area contributed by atoms with Crippen LogP contribution in [-0.2, 0) is 13.0 Å². The predicted octanol–water partition coefficient (Wildman–Crippen LogP) is 3.22. The van der Waals surface area contributed by atoms with Crippen molar-refractivity contribution in [1.82, 2.24) is 0 Å². The molecule has 0 radical (unpaired) electrons. The van der Waals surface area contributed by atoms with Gasteiger partial charge >= 0.3 is 0 Å². The van der Waals surface area contributed by atoms with Gasteiger partial charge in [0.05, 0.1) is 5.56 Å². The number of Topliss-reactive ketones (excluding diaryl/α,β-unsaturated/α-hetero) is 1. The molecular formula is C15H15NO2S. The van der Waals surface area contributed by atoms with E-state index in [2.05, 4.69) is 16.3 Å². The number of phenols is 1. The molecule has 0 amide bonds.